The Hall–Kier alpha value is -1.13. The summed E-state index contributed by atoms with van der Waals surface area (Å²) >= 11 is 0. The average Bonchev–Trinajstić information content (AvgIpc) is 2.63. The average molecular weight is 357 g/mol. The van der Waals surface area contributed by atoms with Crippen LogP contribution in [-0.2, 0) is 16.0 Å². The van der Waals surface area contributed by atoms with Gasteiger partial charge >= 0.3 is 0 Å². The van der Waals surface area contributed by atoms with Crippen LogP contribution in [0.25, 0.3) is 0 Å². The predicted molar refractivity (Wildman–Crippen MR) is 85.2 cm³/mol. The van der Waals surface area contributed by atoms with E-state index in [0.717, 1.165) is 0 Å². The fourth-order valence-electron chi connectivity index (χ4n) is 3.27. The summed E-state index contributed by atoms with van der Waals surface area (Å²) in [4.78, 5) is 2.07. The van der Waals surface area contributed by atoms with Crippen molar-refractivity contribution in [2.75, 3.05) is 32.9 Å². The van der Waals surface area contributed by atoms with Crippen molar-refractivity contribution in [3.8, 4) is 0 Å². The molecule has 1 aromatic rings. The van der Waals surface area contributed by atoms with Crippen LogP contribution in [0.15, 0.2) is 18.2 Å². The van der Waals surface area contributed by atoms with E-state index in [1.807, 2.05) is 0 Å². The van der Waals surface area contributed by atoms with E-state index in [4.69, 9.17) is 9.47 Å². The van der Waals surface area contributed by atoms with Crippen LogP contribution < -0.4 is 0 Å². The molecule has 2 heterocycles. The second kappa shape index (κ2) is 8.05. The maximum absolute atomic E-state index is 14.2. The van der Waals surface area contributed by atoms with Crippen LogP contribution in [0.5, 0.6) is 0 Å². The lowest BCUT2D eigenvalue weighted by atomic mass is 9.90. The highest BCUT2D eigenvalue weighted by atomic mass is 19.1. The molecule has 0 bridgehead atoms. The van der Waals surface area contributed by atoms with E-state index in [1.165, 1.54) is 12.1 Å². The van der Waals surface area contributed by atoms with Crippen molar-refractivity contribution in [1.82, 2.24) is 4.90 Å². The molecule has 2 aliphatic rings. The molecule has 5 unspecified atom stereocenters. The molecule has 8 heteroatoms. The van der Waals surface area contributed by atoms with Crippen LogP contribution in [0, 0.1) is 5.82 Å². The Morgan fingerprint density at radius 3 is 2.48 bits per heavy atom. The van der Waals surface area contributed by atoms with Gasteiger partial charge in [0.05, 0.1) is 19.8 Å². The highest BCUT2D eigenvalue weighted by molar-refractivity contribution is 5.28. The Kier molecular flexibility index (Phi) is 6.00. The normalized spacial score (nSPS) is 34.2. The second-order valence-corrected chi connectivity index (χ2v) is 6.49. The van der Waals surface area contributed by atoms with Crippen LogP contribution in [-0.4, -0.2) is 82.7 Å². The molecule has 3 rings (SSSR count). The van der Waals surface area contributed by atoms with Crippen molar-refractivity contribution >= 4 is 0 Å². The Bertz CT molecular complexity index is 580. The lowest BCUT2D eigenvalue weighted by Crippen LogP contribution is -2.55. The molecule has 4 N–H and O–H groups in total. The van der Waals surface area contributed by atoms with Gasteiger partial charge in [-0.2, -0.15) is 0 Å². The summed E-state index contributed by atoms with van der Waals surface area (Å²) in [7, 11) is 0. The topological polar surface area (TPSA) is 103 Å². The molecule has 0 spiro atoms. The first-order valence-corrected chi connectivity index (χ1v) is 8.40. The van der Waals surface area contributed by atoms with Gasteiger partial charge in [0, 0.05) is 25.2 Å². The second-order valence-electron chi connectivity index (χ2n) is 6.49. The van der Waals surface area contributed by atoms with Crippen molar-refractivity contribution in [3.05, 3.63) is 35.1 Å². The highest BCUT2D eigenvalue weighted by Crippen LogP contribution is 2.33. The zero-order valence-corrected chi connectivity index (χ0v) is 13.8. The van der Waals surface area contributed by atoms with Gasteiger partial charge in [-0.05, 0) is 17.7 Å². The largest absolute Gasteiger partial charge is 0.394 e. The molecule has 0 aliphatic carbocycles. The van der Waals surface area contributed by atoms with E-state index in [2.05, 4.69) is 4.90 Å². The number of morpholine rings is 1. The zero-order chi connectivity index (χ0) is 18.0. The van der Waals surface area contributed by atoms with Crippen molar-refractivity contribution in [1.29, 1.82) is 0 Å². The molecule has 1 aromatic carbocycles. The fourth-order valence-corrected chi connectivity index (χ4v) is 3.27. The van der Waals surface area contributed by atoms with Gasteiger partial charge < -0.3 is 29.9 Å². The minimum Gasteiger partial charge on any atom is -0.394 e. The first-order chi connectivity index (χ1) is 12.0. The summed E-state index contributed by atoms with van der Waals surface area (Å²) < 4.78 is 25.0. The van der Waals surface area contributed by atoms with Gasteiger partial charge in [0.15, 0.2) is 0 Å². The van der Waals surface area contributed by atoms with Crippen LogP contribution in [0.4, 0.5) is 4.39 Å². The third-order valence-corrected chi connectivity index (χ3v) is 4.79. The molecule has 0 amide bonds. The van der Waals surface area contributed by atoms with Crippen LogP contribution in [0.1, 0.15) is 17.2 Å². The minimum atomic E-state index is -1.45. The van der Waals surface area contributed by atoms with Crippen molar-refractivity contribution in [3.63, 3.8) is 0 Å². The summed E-state index contributed by atoms with van der Waals surface area (Å²) in [5.74, 6) is -0.361. The monoisotopic (exact) mass is 357 g/mol. The van der Waals surface area contributed by atoms with Gasteiger partial charge in [0.25, 0.3) is 0 Å². The quantitative estimate of drug-likeness (QED) is 0.558. The van der Waals surface area contributed by atoms with E-state index < -0.39 is 37.1 Å². The lowest BCUT2D eigenvalue weighted by molar-refractivity contribution is -0.231. The molecule has 5 atom stereocenters. The number of halogens is 1. The number of nitrogens with zero attached hydrogens (tertiary/aromatic N) is 1. The predicted octanol–water partition coefficient (Wildman–Crippen LogP) is -0.827. The van der Waals surface area contributed by atoms with Gasteiger partial charge in [-0.25, -0.2) is 4.39 Å². The molecule has 25 heavy (non-hydrogen) atoms. The number of rotatable bonds is 4. The van der Waals surface area contributed by atoms with Gasteiger partial charge in [-0.1, -0.05) is 6.07 Å². The van der Waals surface area contributed by atoms with E-state index in [9.17, 15) is 24.8 Å². The molecule has 7 nitrogen and oxygen atoms in total. The lowest BCUT2D eigenvalue weighted by Gasteiger charge is -2.40. The van der Waals surface area contributed by atoms with Crippen molar-refractivity contribution in [2.24, 2.45) is 0 Å². The Morgan fingerprint density at radius 1 is 1.08 bits per heavy atom. The fraction of sp³-hybridized carbons (Fsp3) is 0.647. The summed E-state index contributed by atoms with van der Waals surface area (Å²) in [5, 5.41) is 39.3. The van der Waals surface area contributed by atoms with Crippen molar-refractivity contribution < 1.29 is 34.3 Å². The molecule has 2 fully saturated rings. The SMILES string of the molecule is OCC1OC(c2ccc(F)c(CN3CCOCC3)c2)C(O)C(O)C1O. The molecular weight excluding hydrogens is 333 g/mol. The molecule has 0 saturated carbocycles. The number of ether oxygens (including phenoxy) is 2. The van der Waals surface area contributed by atoms with E-state index in [0.29, 0.717) is 44.0 Å². The molecule has 0 radical (unpaired) electrons. The maximum Gasteiger partial charge on any atom is 0.127 e. The van der Waals surface area contributed by atoms with E-state index in [-0.39, 0.29) is 5.82 Å². The standard InChI is InChI=1S/C17H24FNO6/c18-12-2-1-10(7-11(12)8-19-3-5-24-6-4-19)17-16(23)15(22)14(21)13(9-20)25-17/h1-2,7,13-17,20-23H,3-6,8-9H2. The summed E-state index contributed by atoms with van der Waals surface area (Å²) in [6.07, 6.45) is -6.19. The van der Waals surface area contributed by atoms with Gasteiger partial charge in [-0.3, -0.25) is 4.90 Å². The van der Waals surface area contributed by atoms with Crippen LogP contribution >= 0.6 is 0 Å². The molecule has 140 valence electrons. The molecule has 0 aromatic heterocycles. The highest BCUT2D eigenvalue weighted by Gasteiger charge is 2.44. The Balaban J connectivity index is 1.80. The molecule has 2 saturated heterocycles. The maximum atomic E-state index is 14.2. The molecule has 2 aliphatic heterocycles. The van der Waals surface area contributed by atoms with Crippen LogP contribution in [0.2, 0.25) is 0 Å². The summed E-state index contributed by atoms with van der Waals surface area (Å²) in [5.41, 5.74) is 0.943. The number of hydrogen-bond acceptors (Lipinski definition) is 7. The van der Waals surface area contributed by atoms with Crippen LogP contribution in [0.3, 0.4) is 0 Å². The third kappa shape index (κ3) is 4.01. The van der Waals surface area contributed by atoms with Gasteiger partial charge in [0.2, 0.25) is 0 Å². The smallest absolute Gasteiger partial charge is 0.127 e. The first-order valence-electron chi connectivity index (χ1n) is 8.40. The van der Waals surface area contributed by atoms with E-state index >= 15 is 0 Å². The Morgan fingerprint density at radius 2 is 1.80 bits per heavy atom. The zero-order valence-electron chi connectivity index (χ0n) is 13.8. The van der Waals surface area contributed by atoms with Gasteiger partial charge in [-0.15, -0.1) is 0 Å². The third-order valence-electron chi connectivity index (χ3n) is 4.79. The first kappa shape index (κ1) is 18.7. The summed E-state index contributed by atoms with van der Waals surface area (Å²) in [6, 6.07) is 4.37. The number of aliphatic hydroxyl groups is 4. The summed E-state index contributed by atoms with van der Waals surface area (Å²) in [6.45, 7) is 2.54. The van der Waals surface area contributed by atoms with E-state index in [1.54, 1.807) is 6.07 Å². The number of hydrogen-bond donors (Lipinski definition) is 4. The minimum absolute atomic E-state index is 0.361. The Labute approximate surface area is 145 Å². The van der Waals surface area contributed by atoms with Crippen molar-refractivity contribution in [2.45, 2.75) is 37.1 Å². The number of aliphatic hydroxyl groups excluding tert-OH is 4. The molecular formula is C17H24FNO6. The number of benzene rings is 1. The van der Waals surface area contributed by atoms with Gasteiger partial charge in [0.1, 0.15) is 36.3 Å².